The number of hydrogen-bond acceptors (Lipinski definition) is 3. The van der Waals surface area contributed by atoms with Crippen LogP contribution in [0.15, 0.2) is 24.3 Å². The fraction of sp³-hybridized carbons (Fsp3) is 0.375. The van der Waals surface area contributed by atoms with Gasteiger partial charge in [-0.15, -0.1) is 0 Å². The SMILES string of the molecule is CNCc1c(C)nc(Cc2ccc(C)cc2)nc1C. The number of benzene rings is 1. The Hall–Kier alpha value is -1.74. The molecule has 0 saturated heterocycles. The van der Waals surface area contributed by atoms with Crippen molar-refractivity contribution in [3.8, 4) is 0 Å². The van der Waals surface area contributed by atoms with E-state index in [-0.39, 0.29) is 0 Å². The number of hydrogen-bond donors (Lipinski definition) is 1. The molecule has 0 aliphatic carbocycles. The van der Waals surface area contributed by atoms with E-state index in [1.165, 1.54) is 16.7 Å². The van der Waals surface area contributed by atoms with E-state index in [0.29, 0.717) is 0 Å². The molecular formula is C16H21N3. The number of nitrogens with zero attached hydrogens (tertiary/aromatic N) is 2. The topological polar surface area (TPSA) is 37.8 Å². The van der Waals surface area contributed by atoms with Crippen molar-refractivity contribution >= 4 is 0 Å². The van der Waals surface area contributed by atoms with Gasteiger partial charge in [-0.25, -0.2) is 9.97 Å². The van der Waals surface area contributed by atoms with Crippen LogP contribution in [0.1, 0.15) is 33.9 Å². The van der Waals surface area contributed by atoms with Gasteiger partial charge < -0.3 is 5.32 Å². The average molecular weight is 255 g/mol. The lowest BCUT2D eigenvalue weighted by atomic mass is 10.1. The molecule has 3 nitrogen and oxygen atoms in total. The molecule has 1 N–H and O–H groups in total. The van der Waals surface area contributed by atoms with E-state index in [9.17, 15) is 0 Å². The number of rotatable bonds is 4. The molecule has 2 aromatic rings. The summed E-state index contributed by atoms with van der Waals surface area (Å²) in [6.45, 7) is 7.03. The van der Waals surface area contributed by atoms with Crippen molar-refractivity contribution in [2.45, 2.75) is 33.7 Å². The fourth-order valence-electron chi connectivity index (χ4n) is 2.21. The minimum atomic E-state index is 0.793. The molecule has 0 radical (unpaired) electrons. The zero-order valence-electron chi connectivity index (χ0n) is 12.1. The van der Waals surface area contributed by atoms with Gasteiger partial charge in [-0.3, -0.25) is 0 Å². The zero-order valence-corrected chi connectivity index (χ0v) is 12.1. The summed E-state index contributed by atoms with van der Waals surface area (Å²) >= 11 is 0. The highest BCUT2D eigenvalue weighted by Crippen LogP contribution is 2.13. The second-order valence-corrected chi connectivity index (χ2v) is 4.98. The molecule has 0 aliphatic heterocycles. The number of nitrogens with one attached hydrogen (secondary N) is 1. The second kappa shape index (κ2) is 5.93. The predicted octanol–water partition coefficient (Wildman–Crippen LogP) is 2.71. The summed E-state index contributed by atoms with van der Waals surface area (Å²) in [5.41, 5.74) is 5.88. The maximum absolute atomic E-state index is 4.62. The summed E-state index contributed by atoms with van der Waals surface area (Å²) in [6, 6.07) is 8.55. The lowest BCUT2D eigenvalue weighted by Crippen LogP contribution is -2.12. The summed E-state index contributed by atoms with van der Waals surface area (Å²) in [4.78, 5) is 9.24. The van der Waals surface area contributed by atoms with Crippen molar-refractivity contribution in [3.63, 3.8) is 0 Å². The summed E-state index contributed by atoms with van der Waals surface area (Å²) in [7, 11) is 1.94. The molecule has 0 bridgehead atoms. The minimum absolute atomic E-state index is 0.793. The molecule has 19 heavy (non-hydrogen) atoms. The number of aromatic nitrogens is 2. The van der Waals surface area contributed by atoms with Crippen LogP contribution in [0.2, 0.25) is 0 Å². The van der Waals surface area contributed by atoms with Crippen LogP contribution in [0.5, 0.6) is 0 Å². The van der Waals surface area contributed by atoms with Gasteiger partial charge in [0.2, 0.25) is 0 Å². The van der Waals surface area contributed by atoms with E-state index < -0.39 is 0 Å². The van der Waals surface area contributed by atoms with Crippen molar-refractivity contribution in [1.29, 1.82) is 0 Å². The average Bonchev–Trinajstić information content (AvgIpc) is 2.37. The third-order valence-corrected chi connectivity index (χ3v) is 3.30. The normalized spacial score (nSPS) is 10.7. The van der Waals surface area contributed by atoms with Gasteiger partial charge in [0.05, 0.1) is 0 Å². The molecule has 100 valence electrons. The Morgan fingerprint density at radius 2 is 1.53 bits per heavy atom. The van der Waals surface area contributed by atoms with Crippen LogP contribution in [0, 0.1) is 20.8 Å². The van der Waals surface area contributed by atoms with Gasteiger partial charge in [0.15, 0.2) is 0 Å². The second-order valence-electron chi connectivity index (χ2n) is 4.98. The quantitative estimate of drug-likeness (QED) is 0.913. The van der Waals surface area contributed by atoms with Gasteiger partial charge in [0.25, 0.3) is 0 Å². The molecule has 0 spiro atoms. The van der Waals surface area contributed by atoms with Crippen LogP contribution in [-0.2, 0) is 13.0 Å². The van der Waals surface area contributed by atoms with Crippen molar-refractivity contribution in [2.75, 3.05) is 7.05 Å². The summed E-state index contributed by atoms with van der Waals surface area (Å²) in [5, 5.41) is 3.16. The van der Waals surface area contributed by atoms with Crippen LogP contribution in [0.3, 0.4) is 0 Å². The van der Waals surface area contributed by atoms with Gasteiger partial charge in [-0.1, -0.05) is 29.8 Å². The van der Waals surface area contributed by atoms with E-state index >= 15 is 0 Å². The van der Waals surface area contributed by atoms with Crippen LogP contribution < -0.4 is 5.32 Å². The molecule has 0 fully saturated rings. The maximum Gasteiger partial charge on any atom is 0.133 e. The summed E-state index contributed by atoms with van der Waals surface area (Å²) in [6.07, 6.45) is 0.793. The zero-order chi connectivity index (χ0) is 13.8. The number of aryl methyl sites for hydroxylation is 3. The van der Waals surface area contributed by atoms with Gasteiger partial charge in [-0.05, 0) is 33.4 Å². The Morgan fingerprint density at radius 3 is 2.05 bits per heavy atom. The molecule has 0 unspecified atom stereocenters. The molecule has 1 heterocycles. The van der Waals surface area contributed by atoms with E-state index in [0.717, 1.165) is 30.2 Å². The first kappa shape index (κ1) is 13.7. The van der Waals surface area contributed by atoms with Crippen molar-refractivity contribution in [2.24, 2.45) is 0 Å². The van der Waals surface area contributed by atoms with Crippen LogP contribution in [0.25, 0.3) is 0 Å². The minimum Gasteiger partial charge on any atom is -0.316 e. The molecule has 0 aliphatic rings. The van der Waals surface area contributed by atoms with Crippen molar-refractivity contribution in [1.82, 2.24) is 15.3 Å². The Kier molecular flexibility index (Phi) is 4.27. The molecule has 0 saturated carbocycles. The van der Waals surface area contributed by atoms with E-state index in [1.54, 1.807) is 0 Å². The summed E-state index contributed by atoms with van der Waals surface area (Å²) in [5.74, 6) is 0.902. The molecule has 2 rings (SSSR count). The van der Waals surface area contributed by atoms with Crippen LogP contribution in [-0.4, -0.2) is 17.0 Å². The largest absolute Gasteiger partial charge is 0.316 e. The molecule has 1 aromatic carbocycles. The van der Waals surface area contributed by atoms with Crippen LogP contribution >= 0.6 is 0 Å². The van der Waals surface area contributed by atoms with Crippen molar-refractivity contribution in [3.05, 3.63) is 58.2 Å². The van der Waals surface area contributed by atoms with Gasteiger partial charge in [0.1, 0.15) is 5.82 Å². The fourth-order valence-corrected chi connectivity index (χ4v) is 2.21. The lowest BCUT2D eigenvalue weighted by Gasteiger charge is -2.10. The third kappa shape index (κ3) is 3.38. The highest BCUT2D eigenvalue weighted by atomic mass is 14.9. The highest BCUT2D eigenvalue weighted by molar-refractivity contribution is 5.27. The Morgan fingerprint density at radius 1 is 0.947 bits per heavy atom. The Bertz CT molecular complexity index is 536. The smallest absolute Gasteiger partial charge is 0.133 e. The molecule has 1 aromatic heterocycles. The Balaban J connectivity index is 2.24. The lowest BCUT2D eigenvalue weighted by molar-refractivity contribution is 0.773. The first-order chi connectivity index (χ1) is 9.10. The standard InChI is InChI=1S/C16H21N3/c1-11-5-7-14(8-6-11)9-16-18-12(2)15(10-17-4)13(3)19-16/h5-8,17H,9-10H2,1-4H3. The monoisotopic (exact) mass is 255 g/mol. The molecule has 0 atom stereocenters. The van der Waals surface area contributed by atoms with Crippen LogP contribution in [0.4, 0.5) is 0 Å². The van der Waals surface area contributed by atoms with E-state index in [4.69, 9.17) is 0 Å². The van der Waals surface area contributed by atoms with E-state index in [1.807, 2.05) is 7.05 Å². The van der Waals surface area contributed by atoms with Gasteiger partial charge in [0, 0.05) is 29.9 Å². The first-order valence-corrected chi connectivity index (χ1v) is 6.63. The summed E-state index contributed by atoms with van der Waals surface area (Å²) < 4.78 is 0. The predicted molar refractivity (Wildman–Crippen MR) is 78.3 cm³/mol. The third-order valence-electron chi connectivity index (χ3n) is 3.30. The molecule has 0 amide bonds. The van der Waals surface area contributed by atoms with Gasteiger partial charge in [-0.2, -0.15) is 0 Å². The van der Waals surface area contributed by atoms with Crippen molar-refractivity contribution < 1.29 is 0 Å². The van der Waals surface area contributed by atoms with Gasteiger partial charge >= 0.3 is 0 Å². The highest BCUT2D eigenvalue weighted by Gasteiger charge is 2.08. The molecular weight excluding hydrogens is 234 g/mol. The van der Waals surface area contributed by atoms with E-state index in [2.05, 4.69) is 60.3 Å². The molecule has 3 heteroatoms. The first-order valence-electron chi connectivity index (χ1n) is 6.63. The maximum atomic E-state index is 4.62. The Labute approximate surface area is 115 Å².